The SMILES string of the molecule is CC(C)[C@H]1/C=C/C(=O)C[C@@H](O[Si](C(C)C)(C(C)C)C(C)C)C[C@]2(C)CC[C@H](O2)[C@@](C)(O)CC1. The van der Waals surface area contributed by atoms with E-state index in [0.29, 0.717) is 41.8 Å². The van der Waals surface area contributed by atoms with Crippen molar-refractivity contribution in [1.82, 2.24) is 0 Å². The average Bonchev–Trinajstić information content (AvgIpc) is 3.06. The van der Waals surface area contributed by atoms with E-state index in [1.807, 2.05) is 6.92 Å². The zero-order chi connectivity index (χ0) is 25.2. The summed E-state index contributed by atoms with van der Waals surface area (Å²) in [5.74, 6) is 0.831. The molecule has 2 bridgehead atoms. The lowest BCUT2D eigenvalue weighted by molar-refractivity contribution is -0.138. The second-order valence-corrected chi connectivity index (χ2v) is 18.1. The molecule has 1 fully saturated rings. The van der Waals surface area contributed by atoms with Crippen LogP contribution in [0.15, 0.2) is 12.2 Å². The molecule has 0 aromatic rings. The second-order valence-electron chi connectivity index (χ2n) is 12.7. The number of carbonyl (C=O) groups excluding carboxylic acids is 1. The van der Waals surface area contributed by atoms with Gasteiger partial charge < -0.3 is 14.3 Å². The third-order valence-electron chi connectivity index (χ3n) is 8.59. The van der Waals surface area contributed by atoms with Gasteiger partial charge in [0.2, 0.25) is 8.32 Å². The van der Waals surface area contributed by atoms with E-state index in [4.69, 9.17) is 9.16 Å². The van der Waals surface area contributed by atoms with E-state index in [0.717, 1.165) is 19.3 Å². The molecule has 4 nitrogen and oxygen atoms in total. The summed E-state index contributed by atoms with van der Waals surface area (Å²) in [7, 11) is -2.15. The van der Waals surface area contributed by atoms with Crippen molar-refractivity contribution >= 4 is 14.1 Å². The molecule has 0 unspecified atom stereocenters. The molecule has 0 aromatic heterocycles. The van der Waals surface area contributed by atoms with Crippen molar-refractivity contribution in [3.05, 3.63) is 12.2 Å². The van der Waals surface area contributed by atoms with E-state index in [2.05, 4.69) is 68.4 Å². The fraction of sp³-hybridized carbons (Fsp3) is 0.893. The van der Waals surface area contributed by atoms with Crippen LogP contribution in [0, 0.1) is 11.8 Å². The highest BCUT2D eigenvalue weighted by atomic mass is 28.4. The Kier molecular flexibility index (Phi) is 9.63. The molecule has 33 heavy (non-hydrogen) atoms. The van der Waals surface area contributed by atoms with Gasteiger partial charge in [-0.05, 0) is 74.1 Å². The van der Waals surface area contributed by atoms with Crippen LogP contribution in [0.2, 0.25) is 16.6 Å². The Bertz CT molecular complexity index is 660. The Morgan fingerprint density at radius 2 is 1.58 bits per heavy atom. The zero-order valence-corrected chi connectivity index (χ0v) is 24.1. The maximum Gasteiger partial charge on any atom is 0.200 e. The molecule has 192 valence electrons. The van der Waals surface area contributed by atoms with Crippen molar-refractivity contribution in [2.75, 3.05) is 0 Å². The van der Waals surface area contributed by atoms with Gasteiger partial charge in [-0.1, -0.05) is 61.5 Å². The molecule has 5 atom stereocenters. The molecule has 1 saturated heterocycles. The van der Waals surface area contributed by atoms with Crippen LogP contribution in [0.4, 0.5) is 0 Å². The van der Waals surface area contributed by atoms with Crippen LogP contribution in [0.5, 0.6) is 0 Å². The average molecular weight is 481 g/mol. The normalized spacial score (nSPS) is 35.7. The van der Waals surface area contributed by atoms with Gasteiger partial charge in [0.05, 0.1) is 23.4 Å². The molecule has 0 spiro atoms. The fourth-order valence-electron chi connectivity index (χ4n) is 6.61. The van der Waals surface area contributed by atoms with Crippen LogP contribution in [0.25, 0.3) is 0 Å². The first-order valence-electron chi connectivity index (χ1n) is 13.4. The highest BCUT2D eigenvalue weighted by Gasteiger charge is 2.50. The highest BCUT2D eigenvalue weighted by molar-refractivity contribution is 6.77. The fourth-order valence-corrected chi connectivity index (χ4v) is 12.2. The van der Waals surface area contributed by atoms with Crippen LogP contribution in [0.3, 0.4) is 0 Å². The number of carbonyl (C=O) groups is 1. The maximum absolute atomic E-state index is 13.2. The summed E-state index contributed by atoms with van der Waals surface area (Å²) in [6, 6.07) is 0. The number of ether oxygens (including phenoxy) is 1. The third-order valence-corrected chi connectivity index (χ3v) is 14.7. The Morgan fingerprint density at radius 3 is 2.09 bits per heavy atom. The molecule has 0 aromatic carbocycles. The van der Waals surface area contributed by atoms with Crippen LogP contribution in [-0.2, 0) is 14.0 Å². The highest BCUT2D eigenvalue weighted by Crippen LogP contribution is 2.46. The number of hydrogen-bond donors (Lipinski definition) is 1. The van der Waals surface area contributed by atoms with Gasteiger partial charge in [-0.15, -0.1) is 0 Å². The van der Waals surface area contributed by atoms with Gasteiger partial charge in [-0.2, -0.15) is 0 Å². The van der Waals surface area contributed by atoms with Crippen LogP contribution in [-0.4, -0.2) is 42.6 Å². The summed E-state index contributed by atoms with van der Waals surface area (Å²) in [5.41, 5.74) is 0.149. The molecule has 5 heteroatoms. The quantitative estimate of drug-likeness (QED) is 0.408. The minimum absolute atomic E-state index is 0.147. The second kappa shape index (κ2) is 11.1. The van der Waals surface area contributed by atoms with Gasteiger partial charge in [0.15, 0.2) is 5.78 Å². The Balaban J connectivity index is 2.44. The van der Waals surface area contributed by atoms with Crippen molar-refractivity contribution in [3.8, 4) is 0 Å². The first-order valence-corrected chi connectivity index (χ1v) is 15.6. The molecule has 2 rings (SSSR count). The van der Waals surface area contributed by atoms with Crippen LogP contribution in [0.1, 0.15) is 108 Å². The first-order chi connectivity index (χ1) is 15.1. The van der Waals surface area contributed by atoms with E-state index in [-0.39, 0.29) is 29.5 Å². The van der Waals surface area contributed by atoms with Gasteiger partial charge in [0, 0.05) is 12.8 Å². The molecule has 0 saturated carbocycles. The molecule has 2 heterocycles. The predicted octanol–water partition coefficient (Wildman–Crippen LogP) is 7.21. The zero-order valence-electron chi connectivity index (χ0n) is 23.1. The lowest BCUT2D eigenvalue weighted by Gasteiger charge is -2.45. The minimum Gasteiger partial charge on any atom is -0.413 e. The molecular formula is C28H52O4Si. The summed E-state index contributed by atoms with van der Waals surface area (Å²) in [6.45, 7) is 22.2. The Morgan fingerprint density at radius 1 is 1.00 bits per heavy atom. The summed E-state index contributed by atoms with van der Waals surface area (Å²) >= 11 is 0. The first kappa shape index (κ1) is 28.7. The van der Waals surface area contributed by atoms with Crippen molar-refractivity contribution in [1.29, 1.82) is 0 Å². The standard InChI is InChI=1S/C28H52O4Si/c1-19(2)23-11-12-24(29)17-25(32-33(20(3)4,21(5)6)22(7)8)18-27(9)15-14-26(31-27)28(10,30)16-13-23/h11-12,19-23,25-26,30H,13-18H2,1-10H3/b12-11+/t23-,25+,26-,27-,28-/m0/s1. The molecule has 1 N–H and O–H groups in total. The lowest BCUT2D eigenvalue weighted by atomic mass is 9.83. The molecule has 0 aliphatic carbocycles. The van der Waals surface area contributed by atoms with E-state index in [9.17, 15) is 9.90 Å². The third kappa shape index (κ3) is 6.80. The number of aliphatic hydroxyl groups is 1. The Labute approximate surface area is 205 Å². The van der Waals surface area contributed by atoms with Crippen molar-refractivity contribution in [2.24, 2.45) is 11.8 Å². The monoisotopic (exact) mass is 480 g/mol. The summed E-state index contributed by atoms with van der Waals surface area (Å²) in [5, 5.41) is 11.3. The molecule has 0 amide bonds. The number of rotatable bonds is 6. The molecule has 0 radical (unpaired) electrons. The smallest absolute Gasteiger partial charge is 0.200 e. The largest absolute Gasteiger partial charge is 0.413 e. The van der Waals surface area contributed by atoms with E-state index < -0.39 is 13.9 Å². The van der Waals surface area contributed by atoms with Gasteiger partial charge in [-0.25, -0.2) is 0 Å². The molecular weight excluding hydrogens is 428 g/mol. The van der Waals surface area contributed by atoms with Crippen molar-refractivity contribution in [2.45, 2.75) is 148 Å². The lowest BCUT2D eigenvalue weighted by Crippen LogP contribution is -2.51. The van der Waals surface area contributed by atoms with Gasteiger partial charge in [0.25, 0.3) is 0 Å². The predicted molar refractivity (Wildman–Crippen MR) is 140 cm³/mol. The summed E-state index contributed by atoms with van der Waals surface area (Å²) in [4.78, 5) is 13.2. The topological polar surface area (TPSA) is 55.8 Å². The molecule has 2 aliphatic rings. The van der Waals surface area contributed by atoms with E-state index in [1.54, 1.807) is 6.08 Å². The van der Waals surface area contributed by atoms with Crippen molar-refractivity contribution < 1.29 is 19.1 Å². The van der Waals surface area contributed by atoms with Crippen LogP contribution >= 0.6 is 0 Å². The van der Waals surface area contributed by atoms with E-state index in [1.165, 1.54) is 0 Å². The van der Waals surface area contributed by atoms with Crippen molar-refractivity contribution in [3.63, 3.8) is 0 Å². The van der Waals surface area contributed by atoms with Gasteiger partial charge in [-0.3, -0.25) is 4.79 Å². The molecule has 2 aliphatic heterocycles. The number of fused-ring (bicyclic) bond motifs is 2. The minimum atomic E-state index is -2.15. The van der Waals surface area contributed by atoms with E-state index >= 15 is 0 Å². The number of ketones is 1. The Hall–Kier alpha value is -0.493. The number of hydrogen-bond acceptors (Lipinski definition) is 4. The maximum atomic E-state index is 13.2. The van der Waals surface area contributed by atoms with Crippen LogP contribution < -0.4 is 0 Å². The summed E-state index contributed by atoms with van der Waals surface area (Å²) < 4.78 is 13.7. The van der Waals surface area contributed by atoms with Gasteiger partial charge >= 0.3 is 0 Å². The number of allylic oxidation sites excluding steroid dienone is 2. The summed E-state index contributed by atoms with van der Waals surface area (Å²) in [6.07, 6.45) is 7.93. The van der Waals surface area contributed by atoms with Gasteiger partial charge in [0.1, 0.15) is 0 Å².